The van der Waals surface area contributed by atoms with Gasteiger partial charge in [0, 0.05) is 6.07 Å². The summed E-state index contributed by atoms with van der Waals surface area (Å²) in [6.45, 7) is 0. The number of methoxy groups -OCH3 is 1. The summed E-state index contributed by atoms with van der Waals surface area (Å²) in [6.07, 6.45) is 0. The van der Waals surface area contributed by atoms with Crippen LogP contribution < -0.4 is 10.3 Å². The molecule has 0 fully saturated rings. The highest BCUT2D eigenvalue weighted by atomic mass is 32.1. The van der Waals surface area contributed by atoms with Crippen molar-refractivity contribution in [2.45, 2.75) is 0 Å². The van der Waals surface area contributed by atoms with Crippen LogP contribution in [0.2, 0.25) is 0 Å². The molecule has 0 aliphatic carbocycles. The first-order valence-electron chi connectivity index (χ1n) is 5.57. The highest BCUT2D eigenvalue weighted by molar-refractivity contribution is 7.71. The lowest BCUT2D eigenvalue weighted by atomic mass is 10.3. The Morgan fingerprint density at radius 2 is 2.21 bits per heavy atom. The van der Waals surface area contributed by atoms with Gasteiger partial charge in [0.1, 0.15) is 10.6 Å². The second-order valence-corrected chi connectivity index (χ2v) is 5.24. The molecule has 0 spiro atoms. The van der Waals surface area contributed by atoms with Crippen molar-refractivity contribution in [1.82, 2.24) is 9.55 Å². The van der Waals surface area contributed by atoms with Crippen LogP contribution in [0.1, 0.15) is 0 Å². The Morgan fingerprint density at radius 1 is 1.37 bits per heavy atom. The molecule has 0 saturated heterocycles. The predicted octanol–water partition coefficient (Wildman–Crippen LogP) is 3.12. The van der Waals surface area contributed by atoms with E-state index in [9.17, 15) is 4.79 Å². The number of hydrogen-bond acceptors (Lipinski definition) is 4. The van der Waals surface area contributed by atoms with E-state index in [2.05, 4.69) is 4.98 Å². The van der Waals surface area contributed by atoms with Gasteiger partial charge in [-0.1, -0.05) is 6.07 Å². The molecule has 96 valence electrons. The number of rotatable bonds is 2. The number of hydrogen-bond donors (Lipinski definition) is 1. The summed E-state index contributed by atoms with van der Waals surface area (Å²) < 4.78 is 7.03. The molecule has 0 aliphatic heterocycles. The molecule has 2 heterocycles. The van der Waals surface area contributed by atoms with Gasteiger partial charge in [-0.25, -0.2) is 0 Å². The molecule has 3 rings (SSSR count). The van der Waals surface area contributed by atoms with E-state index in [1.807, 2.05) is 23.6 Å². The fourth-order valence-electron chi connectivity index (χ4n) is 1.92. The summed E-state index contributed by atoms with van der Waals surface area (Å²) in [5, 5.41) is 2.51. The van der Waals surface area contributed by atoms with Crippen LogP contribution in [-0.2, 0) is 0 Å². The summed E-state index contributed by atoms with van der Waals surface area (Å²) in [6, 6.07) is 9.05. The van der Waals surface area contributed by atoms with Gasteiger partial charge in [-0.2, -0.15) is 0 Å². The van der Waals surface area contributed by atoms with E-state index in [0.29, 0.717) is 21.6 Å². The van der Waals surface area contributed by atoms with Crippen LogP contribution in [-0.4, -0.2) is 16.7 Å². The van der Waals surface area contributed by atoms with Crippen molar-refractivity contribution in [3.63, 3.8) is 0 Å². The summed E-state index contributed by atoms with van der Waals surface area (Å²) in [5.41, 5.74) is 0.576. The molecule has 4 nitrogen and oxygen atoms in total. The number of ether oxygens (including phenoxy) is 1. The van der Waals surface area contributed by atoms with Crippen molar-refractivity contribution in [3.8, 4) is 11.4 Å². The third kappa shape index (κ3) is 1.98. The van der Waals surface area contributed by atoms with E-state index in [1.165, 1.54) is 15.9 Å². The SMILES string of the molecule is COc1cccc(-n2c(=S)[nH]c3sccc3c2=O)c1. The normalized spacial score (nSPS) is 10.8. The number of thiophene rings is 1. The summed E-state index contributed by atoms with van der Waals surface area (Å²) >= 11 is 6.73. The second kappa shape index (κ2) is 4.64. The number of benzene rings is 1. The van der Waals surface area contributed by atoms with Crippen LogP contribution in [0.4, 0.5) is 0 Å². The topological polar surface area (TPSA) is 47.0 Å². The molecule has 0 radical (unpaired) electrons. The predicted molar refractivity (Wildman–Crippen MR) is 79.2 cm³/mol. The Balaban J connectivity index is 2.35. The minimum Gasteiger partial charge on any atom is -0.497 e. The molecule has 3 aromatic rings. The zero-order valence-corrected chi connectivity index (χ0v) is 11.7. The number of aromatic amines is 1. The van der Waals surface area contributed by atoms with Gasteiger partial charge in [-0.3, -0.25) is 9.36 Å². The Bertz CT molecular complexity index is 861. The highest BCUT2D eigenvalue weighted by Gasteiger charge is 2.08. The fraction of sp³-hybridized carbons (Fsp3) is 0.0769. The molecule has 0 aliphatic rings. The molecule has 6 heteroatoms. The Kier molecular flexibility index (Phi) is 2.96. The van der Waals surface area contributed by atoms with Crippen LogP contribution in [0.25, 0.3) is 15.9 Å². The van der Waals surface area contributed by atoms with Crippen LogP contribution in [0.3, 0.4) is 0 Å². The maximum absolute atomic E-state index is 12.5. The fourth-order valence-corrected chi connectivity index (χ4v) is 3.06. The maximum atomic E-state index is 12.5. The smallest absolute Gasteiger partial charge is 0.267 e. The molecule has 19 heavy (non-hydrogen) atoms. The summed E-state index contributed by atoms with van der Waals surface area (Å²) in [5.74, 6) is 0.684. The minimum absolute atomic E-state index is 0.117. The van der Waals surface area contributed by atoms with E-state index < -0.39 is 0 Å². The number of fused-ring (bicyclic) bond motifs is 1. The van der Waals surface area contributed by atoms with Crippen molar-refractivity contribution in [1.29, 1.82) is 0 Å². The molecule has 2 aromatic heterocycles. The van der Waals surface area contributed by atoms with Crippen LogP contribution in [0.5, 0.6) is 5.75 Å². The first-order valence-corrected chi connectivity index (χ1v) is 6.86. The van der Waals surface area contributed by atoms with E-state index in [1.54, 1.807) is 19.2 Å². The van der Waals surface area contributed by atoms with Gasteiger partial charge in [-0.05, 0) is 35.8 Å². The van der Waals surface area contributed by atoms with Crippen molar-refractivity contribution in [2.75, 3.05) is 7.11 Å². The van der Waals surface area contributed by atoms with Gasteiger partial charge in [0.2, 0.25) is 0 Å². The van der Waals surface area contributed by atoms with E-state index in [0.717, 1.165) is 4.83 Å². The number of aromatic nitrogens is 2. The molecule has 1 N–H and O–H groups in total. The summed E-state index contributed by atoms with van der Waals surface area (Å²) in [4.78, 5) is 16.3. The molecular formula is C13H10N2O2S2. The van der Waals surface area contributed by atoms with Crippen molar-refractivity contribution in [2.24, 2.45) is 0 Å². The van der Waals surface area contributed by atoms with Crippen molar-refractivity contribution in [3.05, 3.63) is 50.8 Å². The zero-order chi connectivity index (χ0) is 13.4. The van der Waals surface area contributed by atoms with Gasteiger partial charge >= 0.3 is 0 Å². The van der Waals surface area contributed by atoms with Crippen molar-refractivity contribution >= 4 is 33.8 Å². The third-order valence-electron chi connectivity index (χ3n) is 2.83. The van der Waals surface area contributed by atoms with Gasteiger partial charge < -0.3 is 9.72 Å². The van der Waals surface area contributed by atoms with Crippen LogP contribution in [0, 0.1) is 4.77 Å². The third-order valence-corrected chi connectivity index (χ3v) is 3.95. The standard InChI is InChI=1S/C13H10N2O2S2/c1-17-9-4-2-3-8(7-9)15-12(16)10-5-6-19-11(10)14-13(15)18/h2-7H,1H3,(H,14,18). The minimum atomic E-state index is -0.117. The van der Waals surface area contributed by atoms with Gasteiger partial charge in [0.15, 0.2) is 4.77 Å². The Labute approximate surface area is 117 Å². The molecule has 0 saturated carbocycles. The molecule has 0 atom stereocenters. The molecule has 0 bridgehead atoms. The lowest BCUT2D eigenvalue weighted by molar-refractivity contribution is 0.414. The Hall–Kier alpha value is -1.92. The quantitative estimate of drug-likeness (QED) is 0.738. The largest absolute Gasteiger partial charge is 0.497 e. The average molecular weight is 290 g/mol. The highest BCUT2D eigenvalue weighted by Crippen LogP contribution is 2.18. The van der Waals surface area contributed by atoms with E-state index >= 15 is 0 Å². The van der Waals surface area contributed by atoms with Crippen LogP contribution >= 0.6 is 23.6 Å². The molecule has 1 aromatic carbocycles. The lowest BCUT2D eigenvalue weighted by Crippen LogP contribution is -2.19. The van der Waals surface area contributed by atoms with E-state index in [-0.39, 0.29) is 5.56 Å². The monoisotopic (exact) mass is 290 g/mol. The van der Waals surface area contributed by atoms with Gasteiger partial charge in [0.05, 0.1) is 18.2 Å². The van der Waals surface area contributed by atoms with E-state index in [4.69, 9.17) is 17.0 Å². The lowest BCUT2D eigenvalue weighted by Gasteiger charge is -2.08. The first-order chi connectivity index (χ1) is 9.20. The molecule has 0 amide bonds. The van der Waals surface area contributed by atoms with Gasteiger partial charge in [-0.15, -0.1) is 11.3 Å². The van der Waals surface area contributed by atoms with Crippen molar-refractivity contribution < 1.29 is 4.74 Å². The number of nitrogens with one attached hydrogen (secondary N) is 1. The Morgan fingerprint density at radius 3 is 3.00 bits per heavy atom. The molecule has 0 unspecified atom stereocenters. The number of H-pyrrole nitrogens is 1. The van der Waals surface area contributed by atoms with Crippen LogP contribution in [0.15, 0.2) is 40.5 Å². The first kappa shape index (κ1) is 12.1. The number of nitrogens with zero attached hydrogens (tertiary/aromatic N) is 1. The average Bonchev–Trinajstić information content (AvgIpc) is 2.87. The zero-order valence-electron chi connectivity index (χ0n) is 10.0. The summed E-state index contributed by atoms with van der Waals surface area (Å²) in [7, 11) is 1.59. The van der Waals surface area contributed by atoms with Gasteiger partial charge in [0.25, 0.3) is 5.56 Å². The second-order valence-electron chi connectivity index (χ2n) is 3.94. The maximum Gasteiger partial charge on any atom is 0.267 e. The molecular weight excluding hydrogens is 280 g/mol.